The minimum absolute atomic E-state index is 0.789. The maximum atomic E-state index is 3.54. The Kier molecular flexibility index (Phi) is 3.89. The molecule has 3 fully saturated rings. The van der Waals surface area contributed by atoms with E-state index in [0.29, 0.717) is 0 Å². The number of hydrogen-bond donors (Lipinski definition) is 1. The quantitative estimate of drug-likeness (QED) is 0.749. The Morgan fingerprint density at radius 1 is 1.06 bits per heavy atom. The summed E-state index contributed by atoms with van der Waals surface area (Å²) in [6, 6.07) is 0.789. The predicted octanol–water partition coefficient (Wildman–Crippen LogP) is -0.226. The average molecular weight is 252 g/mol. The van der Waals surface area contributed by atoms with Crippen LogP contribution in [0.1, 0.15) is 6.92 Å². The summed E-state index contributed by atoms with van der Waals surface area (Å²) in [7, 11) is 2.23. The number of hydrogen-bond acceptors (Lipinski definition) is 4. The van der Waals surface area contributed by atoms with E-state index in [-0.39, 0.29) is 0 Å². The van der Waals surface area contributed by atoms with Gasteiger partial charge < -0.3 is 10.2 Å². The fourth-order valence-corrected chi connectivity index (χ4v) is 3.89. The summed E-state index contributed by atoms with van der Waals surface area (Å²) < 4.78 is 0. The molecule has 1 N–H and O–H groups in total. The number of nitrogens with zero attached hydrogens (tertiary/aromatic N) is 3. The first kappa shape index (κ1) is 12.9. The third-order valence-electron chi connectivity index (χ3n) is 5.36. The molecule has 3 aliphatic heterocycles. The van der Waals surface area contributed by atoms with Crippen LogP contribution >= 0.6 is 0 Å². The van der Waals surface area contributed by atoms with Gasteiger partial charge in [0.15, 0.2) is 0 Å². The molecule has 104 valence electrons. The highest BCUT2D eigenvalue weighted by Crippen LogP contribution is 2.31. The summed E-state index contributed by atoms with van der Waals surface area (Å²) in [4.78, 5) is 7.80. The maximum Gasteiger partial charge on any atom is 0.0112 e. The van der Waals surface area contributed by atoms with Crippen molar-refractivity contribution in [3.05, 3.63) is 0 Å². The lowest BCUT2D eigenvalue weighted by Crippen LogP contribution is -2.47. The van der Waals surface area contributed by atoms with Crippen LogP contribution in [0.25, 0.3) is 0 Å². The van der Waals surface area contributed by atoms with Crippen LogP contribution in [0.15, 0.2) is 0 Å². The van der Waals surface area contributed by atoms with E-state index in [0.717, 1.165) is 17.9 Å². The van der Waals surface area contributed by atoms with Crippen molar-refractivity contribution in [3.8, 4) is 0 Å². The standard InChI is InChI=1S/C14H28N4/c1-12-14-10-15-9-13(14)11-18(12)8-7-17-5-3-16(2)4-6-17/h12-15H,3-11H2,1-2H3. The first-order valence-corrected chi connectivity index (χ1v) is 7.59. The Hall–Kier alpha value is -0.160. The molecule has 0 bridgehead atoms. The number of fused-ring (bicyclic) bond motifs is 1. The van der Waals surface area contributed by atoms with Crippen LogP contribution in [0.3, 0.4) is 0 Å². The van der Waals surface area contributed by atoms with Crippen molar-refractivity contribution in [3.63, 3.8) is 0 Å². The third kappa shape index (κ3) is 2.57. The molecule has 0 aromatic carbocycles. The van der Waals surface area contributed by atoms with Crippen LogP contribution in [0.5, 0.6) is 0 Å². The minimum atomic E-state index is 0.789. The summed E-state index contributed by atoms with van der Waals surface area (Å²) in [5.74, 6) is 1.84. The van der Waals surface area contributed by atoms with Crippen molar-refractivity contribution in [1.82, 2.24) is 20.0 Å². The van der Waals surface area contributed by atoms with Gasteiger partial charge in [0.25, 0.3) is 0 Å². The lowest BCUT2D eigenvalue weighted by atomic mass is 9.95. The summed E-state index contributed by atoms with van der Waals surface area (Å²) in [5, 5.41) is 3.54. The largest absolute Gasteiger partial charge is 0.316 e. The summed E-state index contributed by atoms with van der Waals surface area (Å²) in [5.41, 5.74) is 0. The Morgan fingerprint density at radius 2 is 1.83 bits per heavy atom. The summed E-state index contributed by atoms with van der Waals surface area (Å²) in [6.07, 6.45) is 0. The van der Waals surface area contributed by atoms with E-state index in [1.165, 1.54) is 58.9 Å². The molecule has 0 spiro atoms. The van der Waals surface area contributed by atoms with Crippen molar-refractivity contribution in [2.45, 2.75) is 13.0 Å². The molecule has 0 saturated carbocycles. The highest BCUT2D eigenvalue weighted by Gasteiger charge is 2.41. The smallest absolute Gasteiger partial charge is 0.0112 e. The minimum Gasteiger partial charge on any atom is -0.316 e. The molecule has 4 heteroatoms. The molecular weight excluding hydrogens is 224 g/mol. The lowest BCUT2D eigenvalue weighted by Gasteiger charge is -2.34. The molecule has 0 amide bonds. The van der Waals surface area contributed by atoms with Crippen molar-refractivity contribution in [1.29, 1.82) is 0 Å². The van der Waals surface area contributed by atoms with Gasteiger partial charge in [-0.25, -0.2) is 0 Å². The second kappa shape index (κ2) is 5.45. The number of likely N-dealkylation sites (tertiary alicyclic amines) is 1. The number of rotatable bonds is 3. The van der Waals surface area contributed by atoms with Gasteiger partial charge in [0, 0.05) is 51.9 Å². The topological polar surface area (TPSA) is 21.8 Å². The first-order valence-electron chi connectivity index (χ1n) is 7.59. The predicted molar refractivity (Wildman–Crippen MR) is 74.8 cm³/mol. The maximum absolute atomic E-state index is 3.54. The molecule has 3 saturated heterocycles. The molecule has 18 heavy (non-hydrogen) atoms. The zero-order valence-corrected chi connectivity index (χ0v) is 11.9. The van der Waals surface area contributed by atoms with E-state index in [1.807, 2.05) is 0 Å². The molecule has 0 aliphatic carbocycles. The zero-order chi connectivity index (χ0) is 12.5. The van der Waals surface area contributed by atoms with Gasteiger partial charge >= 0.3 is 0 Å². The second-order valence-corrected chi connectivity index (χ2v) is 6.46. The van der Waals surface area contributed by atoms with Crippen molar-refractivity contribution < 1.29 is 0 Å². The second-order valence-electron chi connectivity index (χ2n) is 6.46. The van der Waals surface area contributed by atoms with Gasteiger partial charge in [-0.05, 0) is 38.9 Å². The van der Waals surface area contributed by atoms with Crippen LogP contribution in [0.4, 0.5) is 0 Å². The molecule has 0 aromatic heterocycles. The highest BCUT2D eigenvalue weighted by molar-refractivity contribution is 4.96. The molecular formula is C14H28N4. The van der Waals surface area contributed by atoms with Crippen LogP contribution in [0, 0.1) is 11.8 Å². The Balaban J connectivity index is 1.44. The molecule has 3 unspecified atom stereocenters. The van der Waals surface area contributed by atoms with E-state index in [4.69, 9.17) is 0 Å². The van der Waals surface area contributed by atoms with E-state index in [9.17, 15) is 0 Å². The van der Waals surface area contributed by atoms with Crippen molar-refractivity contribution in [2.24, 2.45) is 11.8 Å². The number of likely N-dealkylation sites (N-methyl/N-ethyl adjacent to an activating group) is 1. The fraction of sp³-hybridized carbons (Fsp3) is 1.00. The lowest BCUT2D eigenvalue weighted by molar-refractivity contribution is 0.130. The average Bonchev–Trinajstić information content (AvgIpc) is 2.93. The van der Waals surface area contributed by atoms with E-state index in [2.05, 4.69) is 34.0 Å². The highest BCUT2D eigenvalue weighted by atomic mass is 15.3. The Morgan fingerprint density at radius 3 is 2.56 bits per heavy atom. The Labute approximate surface area is 111 Å². The molecule has 3 aliphatic rings. The number of nitrogens with one attached hydrogen (secondary N) is 1. The van der Waals surface area contributed by atoms with Crippen molar-refractivity contribution >= 4 is 0 Å². The molecule has 3 atom stereocenters. The molecule has 0 aromatic rings. The third-order valence-corrected chi connectivity index (χ3v) is 5.36. The van der Waals surface area contributed by atoms with Gasteiger partial charge in [-0.3, -0.25) is 9.80 Å². The van der Waals surface area contributed by atoms with E-state index < -0.39 is 0 Å². The van der Waals surface area contributed by atoms with Gasteiger partial charge in [-0.2, -0.15) is 0 Å². The molecule has 0 radical (unpaired) electrons. The van der Waals surface area contributed by atoms with E-state index in [1.54, 1.807) is 0 Å². The monoisotopic (exact) mass is 252 g/mol. The normalized spacial score (nSPS) is 39.3. The Bertz CT molecular complexity index is 275. The SMILES string of the molecule is CC1C2CNCC2CN1CCN1CCN(C)CC1. The van der Waals surface area contributed by atoms with Gasteiger partial charge in [-0.1, -0.05) is 0 Å². The molecule has 3 heterocycles. The van der Waals surface area contributed by atoms with Crippen LogP contribution in [-0.4, -0.2) is 86.7 Å². The fourth-order valence-electron chi connectivity index (χ4n) is 3.89. The van der Waals surface area contributed by atoms with Crippen molar-refractivity contribution in [2.75, 3.05) is 66.0 Å². The molecule has 4 nitrogen and oxygen atoms in total. The zero-order valence-electron chi connectivity index (χ0n) is 11.9. The molecule has 3 rings (SSSR count). The number of piperazine rings is 1. The van der Waals surface area contributed by atoms with Gasteiger partial charge in [0.1, 0.15) is 0 Å². The van der Waals surface area contributed by atoms with Crippen LogP contribution < -0.4 is 5.32 Å². The summed E-state index contributed by atoms with van der Waals surface area (Å²) >= 11 is 0. The van der Waals surface area contributed by atoms with Crippen LogP contribution in [0.2, 0.25) is 0 Å². The van der Waals surface area contributed by atoms with Gasteiger partial charge in [-0.15, -0.1) is 0 Å². The van der Waals surface area contributed by atoms with Crippen LogP contribution in [-0.2, 0) is 0 Å². The van der Waals surface area contributed by atoms with Gasteiger partial charge in [0.2, 0.25) is 0 Å². The van der Waals surface area contributed by atoms with E-state index >= 15 is 0 Å². The van der Waals surface area contributed by atoms with Gasteiger partial charge in [0.05, 0.1) is 0 Å². The summed E-state index contributed by atoms with van der Waals surface area (Å²) in [6.45, 7) is 13.8. The first-order chi connectivity index (χ1) is 8.74.